The first kappa shape index (κ1) is 20.6. The molecule has 5 nitrogen and oxygen atoms in total. The van der Waals surface area contributed by atoms with E-state index < -0.39 is 12.0 Å². The molecule has 1 heterocycles. The van der Waals surface area contributed by atoms with E-state index in [1.165, 1.54) is 0 Å². The fraction of sp³-hybridized carbons (Fsp3) is 0.120. The molecule has 0 spiro atoms. The van der Waals surface area contributed by atoms with Crippen LogP contribution in [0.2, 0.25) is 0 Å². The van der Waals surface area contributed by atoms with Crippen molar-refractivity contribution in [3.63, 3.8) is 0 Å². The maximum absolute atomic E-state index is 13.0. The van der Waals surface area contributed by atoms with Gasteiger partial charge in [0.1, 0.15) is 18.1 Å². The van der Waals surface area contributed by atoms with Crippen molar-refractivity contribution in [2.24, 2.45) is 0 Å². The van der Waals surface area contributed by atoms with Crippen molar-refractivity contribution in [3.8, 4) is 11.5 Å². The Morgan fingerprint density at radius 1 is 0.935 bits per heavy atom. The summed E-state index contributed by atoms with van der Waals surface area (Å²) in [5.41, 5.74) is 2.93. The molecule has 2 N–H and O–H groups in total. The number of hydrogen-bond donors (Lipinski definition) is 2. The highest BCUT2D eigenvalue weighted by molar-refractivity contribution is 7.80. The van der Waals surface area contributed by atoms with E-state index in [1.54, 1.807) is 0 Å². The summed E-state index contributed by atoms with van der Waals surface area (Å²) in [6.45, 7) is 2.02. The van der Waals surface area contributed by atoms with Gasteiger partial charge in [-0.2, -0.15) is 0 Å². The number of ether oxygens (including phenoxy) is 2. The summed E-state index contributed by atoms with van der Waals surface area (Å²) in [4.78, 5) is 13.0. The van der Waals surface area contributed by atoms with Crippen LogP contribution >= 0.6 is 12.2 Å². The monoisotopic (exact) mass is 430 g/mol. The minimum absolute atomic E-state index is 0.199. The SMILES string of the molecule is CC1=C(C(=O)OCc2ccccc2)C(c2cccc(Oc3ccccc3)c2)NC(=S)N1. The van der Waals surface area contributed by atoms with E-state index in [-0.39, 0.29) is 6.61 Å². The molecule has 0 fully saturated rings. The van der Waals surface area contributed by atoms with Gasteiger partial charge in [0.2, 0.25) is 0 Å². The van der Waals surface area contributed by atoms with Crippen molar-refractivity contribution >= 4 is 23.3 Å². The number of carbonyl (C=O) groups is 1. The number of allylic oxidation sites excluding steroid dienone is 1. The lowest BCUT2D eigenvalue weighted by Crippen LogP contribution is -2.45. The predicted molar refractivity (Wildman–Crippen MR) is 124 cm³/mol. The van der Waals surface area contributed by atoms with Gasteiger partial charge in [0.25, 0.3) is 0 Å². The highest BCUT2D eigenvalue weighted by Gasteiger charge is 2.31. The summed E-state index contributed by atoms with van der Waals surface area (Å²) < 4.78 is 11.6. The van der Waals surface area contributed by atoms with Gasteiger partial charge in [0.05, 0.1) is 11.6 Å². The third kappa shape index (κ3) is 5.10. The number of benzene rings is 3. The molecule has 0 saturated heterocycles. The average Bonchev–Trinajstić information content (AvgIpc) is 2.78. The molecule has 1 aliphatic heterocycles. The molecule has 1 aliphatic rings. The molecule has 4 rings (SSSR count). The predicted octanol–water partition coefficient (Wildman–Crippen LogP) is 5.02. The Balaban J connectivity index is 1.58. The Labute approximate surface area is 186 Å². The zero-order chi connectivity index (χ0) is 21.6. The second-order valence-electron chi connectivity index (χ2n) is 7.12. The first-order valence-corrected chi connectivity index (χ1v) is 10.3. The average molecular weight is 431 g/mol. The quantitative estimate of drug-likeness (QED) is 0.423. The van der Waals surface area contributed by atoms with E-state index >= 15 is 0 Å². The minimum Gasteiger partial charge on any atom is -0.457 e. The number of hydrogen-bond acceptors (Lipinski definition) is 4. The van der Waals surface area contributed by atoms with Crippen molar-refractivity contribution in [1.29, 1.82) is 0 Å². The van der Waals surface area contributed by atoms with Crippen LogP contribution in [0.15, 0.2) is 96.2 Å². The lowest BCUT2D eigenvalue weighted by molar-refractivity contribution is -0.140. The van der Waals surface area contributed by atoms with Crippen LogP contribution in [0.1, 0.15) is 24.1 Å². The van der Waals surface area contributed by atoms with E-state index in [0.717, 1.165) is 16.9 Å². The molecule has 31 heavy (non-hydrogen) atoms. The molecule has 0 saturated carbocycles. The maximum Gasteiger partial charge on any atom is 0.338 e. The van der Waals surface area contributed by atoms with Gasteiger partial charge in [-0.05, 0) is 54.5 Å². The summed E-state index contributed by atoms with van der Waals surface area (Å²) in [5, 5.41) is 6.67. The molecule has 0 bridgehead atoms. The van der Waals surface area contributed by atoms with Gasteiger partial charge in [-0.1, -0.05) is 60.7 Å². The molecule has 156 valence electrons. The van der Waals surface area contributed by atoms with E-state index in [1.807, 2.05) is 91.9 Å². The highest BCUT2D eigenvalue weighted by Crippen LogP contribution is 2.31. The fourth-order valence-electron chi connectivity index (χ4n) is 3.40. The zero-order valence-corrected chi connectivity index (χ0v) is 17.8. The summed E-state index contributed by atoms with van der Waals surface area (Å²) in [6, 6.07) is 26.3. The normalized spacial score (nSPS) is 15.6. The summed E-state index contributed by atoms with van der Waals surface area (Å²) in [5.74, 6) is 1.01. The molecular formula is C25H22N2O3S. The van der Waals surface area contributed by atoms with Crippen molar-refractivity contribution < 1.29 is 14.3 Å². The fourth-order valence-corrected chi connectivity index (χ4v) is 3.67. The van der Waals surface area contributed by atoms with Crippen LogP contribution in [0.25, 0.3) is 0 Å². The van der Waals surface area contributed by atoms with Crippen LogP contribution in [0, 0.1) is 0 Å². The van der Waals surface area contributed by atoms with Gasteiger partial charge in [-0.3, -0.25) is 0 Å². The Morgan fingerprint density at radius 2 is 1.61 bits per heavy atom. The number of nitrogens with one attached hydrogen (secondary N) is 2. The van der Waals surface area contributed by atoms with E-state index in [2.05, 4.69) is 10.6 Å². The van der Waals surface area contributed by atoms with Gasteiger partial charge in [-0.15, -0.1) is 0 Å². The molecule has 1 unspecified atom stereocenters. The second-order valence-corrected chi connectivity index (χ2v) is 7.53. The molecule has 0 aromatic heterocycles. The number of thiocarbonyl (C=S) groups is 1. The van der Waals surface area contributed by atoms with Gasteiger partial charge < -0.3 is 20.1 Å². The number of esters is 1. The van der Waals surface area contributed by atoms with Crippen molar-refractivity contribution in [1.82, 2.24) is 10.6 Å². The van der Waals surface area contributed by atoms with Crippen LogP contribution in [0.5, 0.6) is 11.5 Å². The molecule has 6 heteroatoms. The standard InChI is InChI=1S/C25H22N2O3S/c1-17-22(24(28)29-16-18-9-4-2-5-10-18)23(27-25(31)26-17)19-11-8-14-21(15-19)30-20-12-6-3-7-13-20/h2-15,23H,16H2,1H3,(H2,26,27,31). The van der Waals surface area contributed by atoms with E-state index in [4.69, 9.17) is 21.7 Å². The first-order chi connectivity index (χ1) is 15.1. The Morgan fingerprint density at radius 3 is 2.35 bits per heavy atom. The lowest BCUT2D eigenvalue weighted by atomic mass is 9.95. The molecule has 1 atom stereocenters. The summed E-state index contributed by atoms with van der Waals surface area (Å²) in [6.07, 6.45) is 0. The van der Waals surface area contributed by atoms with Crippen LogP contribution in [0.3, 0.4) is 0 Å². The third-order valence-electron chi connectivity index (χ3n) is 4.87. The van der Waals surface area contributed by atoms with Crippen molar-refractivity contribution in [2.75, 3.05) is 0 Å². The summed E-state index contributed by atoms with van der Waals surface area (Å²) >= 11 is 5.34. The second kappa shape index (κ2) is 9.45. The number of para-hydroxylation sites is 1. The Bertz CT molecular complexity index is 1110. The minimum atomic E-state index is -0.448. The van der Waals surface area contributed by atoms with Gasteiger partial charge in [0, 0.05) is 5.70 Å². The first-order valence-electron chi connectivity index (χ1n) is 9.92. The topological polar surface area (TPSA) is 59.6 Å². The van der Waals surface area contributed by atoms with Crippen LogP contribution < -0.4 is 15.4 Å². The molecule has 3 aromatic carbocycles. The molecule has 0 radical (unpaired) electrons. The molecule has 0 aliphatic carbocycles. The molecule has 0 amide bonds. The van der Waals surface area contributed by atoms with Crippen molar-refractivity contribution in [3.05, 3.63) is 107 Å². The van der Waals surface area contributed by atoms with Crippen LogP contribution in [0.4, 0.5) is 0 Å². The third-order valence-corrected chi connectivity index (χ3v) is 5.09. The number of carbonyl (C=O) groups excluding carboxylic acids is 1. The van der Waals surface area contributed by atoms with Gasteiger partial charge in [-0.25, -0.2) is 4.79 Å². The highest BCUT2D eigenvalue weighted by atomic mass is 32.1. The van der Waals surface area contributed by atoms with E-state index in [9.17, 15) is 4.79 Å². The Kier molecular flexibility index (Phi) is 6.29. The zero-order valence-electron chi connectivity index (χ0n) is 17.0. The molecule has 3 aromatic rings. The van der Waals surface area contributed by atoms with Crippen LogP contribution in [-0.2, 0) is 16.1 Å². The maximum atomic E-state index is 13.0. The van der Waals surface area contributed by atoms with Gasteiger partial charge >= 0.3 is 5.97 Å². The lowest BCUT2D eigenvalue weighted by Gasteiger charge is -2.30. The Hall–Kier alpha value is -3.64. The molecular weight excluding hydrogens is 408 g/mol. The van der Waals surface area contributed by atoms with Gasteiger partial charge in [0.15, 0.2) is 5.11 Å². The van der Waals surface area contributed by atoms with Crippen molar-refractivity contribution in [2.45, 2.75) is 19.6 Å². The smallest absolute Gasteiger partial charge is 0.338 e. The largest absolute Gasteiger partial charge is 0.457 e. The summed E-state index contributed by atoms with van der Waals surface area (Å²) in [7, 11) is 0. The van der Waals surface area contributed by atoms with E-state index in [0.29, 0.717) is 22.1 Å². The number of rotatable bonds is 6. The van der Waals surface area contributed by atoms with Crippen LogP contribution in [-0.4, -0.2) is 11.1 Å².